The maximum atomic E-state index is 8.47. The molecule has 1 unspecified atom stereocenters. The van der Waals surface area contributed by atoms with E-state index in [0.717, 1.165) is 39.2 Å². The van der Waals surface area contributed by atoms with Crippen molar-refractivity contribution < 1.29 is 4.74 Å². The molecule has 1 aliphatic heterocycles. The van der Waals surface area contributed by atoms with Gasteiger partial charge in [-0.2, -0.15) is 5.26 Å². The molecule has 0 spiro atoms. The Morgan fingerprint density at radius 3 is 3.00 bits per heavy atom. The van der Waals surface area contributed by atoms with Crippen molar-refractivity contribution >= 4 is 0 Å². The zero-order valence-electron chi connectivity index (χ0n) is 9.78. The average molecular weight is 211 g/mol. The Morgan fingerprint density at radius 1 is 1.53 bits per heavy atom. The molecule has 0 aromatic rings. The summed E-state index contributed by atoms with van der Waals surface area (Å²) in [6, 6.07) is 2.18. The molecular formula is C11H21N3O. The van der Waals surface area contributed by atoms with Crippen LogP contribution in [0.5, 0.6) is 0 Å². The molecule has 4 heteroatoms. The fourth-order valence-corrected chi connectivity index (χ4v) is 1.88. The SMILES string of the molecule is CN(C)CC1CN(CCCC#N)CCO1. The van der Waals surface area contributed by atoms with Crippen LogP contribution in [0.3, 0.4) is 0 Å². The van der Waals surface area contributed by atoms with Crippen LogP contribution in [0.15, 0.2) is 0 Å². The van der Waals surface area contributed by atoms with Crippen LogP contribution in [-0.4, -0.2) is 62.8 Å². The van der Waals surface area contributed by atoms with Crippen LogP contribution in [0.1, 0.15) is 12.8 Å². The largest absolute Gasteiger partial charge is 0.374 e. The highest BCUT2D eigenvalue weighted by Gasteiger charge is 2.20. The molecule has 15 heavy (non-hydrogen) atoms. The van der Waals surface area contributed by atoms with Gasteiger partial charge < -0.3 is 9.64 Å². The Labute approximate surface area is 92.4 Å². The monoisotopic (exact) mass is 211 g/mol. The lowest BCUT2D eigenvalue weighted by Gasteiger charge is -2.34. The van der Waals surface area contributed by atoms with Gasteiger partial charge in [-0.3, -0.25) is 4.90 Å². The summed E-state index contributed by atoms with van der Waals surface area (Å²) in [4.78, 5) is 4.55. The van der Waals surface area contributed by atoms with Crippen LogP contribution in [-0.2, 0) is 4.74 Å². The Kier molecular flexibility index (Phi) is 5.62. The summed E-state index contributed by atoms with van der Waals surface area (Å²) in [6.45, 7) is 4.85. The van der Waals surface area contributed by atoms with Gasteiger partial charge in [0.2, 0.25) is 0 Å². The number of nitrogens with zero attached hydrogens (tertiary/aromatic N) is 3. The van der Waals surface area contributed by atoms with E-state index in [-0.39, 0.29) is 0 Å². The molecule has 1 rings (SSSR count). The van der Waals surface area contributed by atoms with Gasteiger partial charge in [-0.1, -0.05) is 0 Å². The number of hydrogen-bond donors (Lipinski definition) is 0. The predicted molar refractivity (Wildman–Crippen MR) is 59.6 cm³/mol. The van der Waals surface area contributed by atoms with Gasteiger partial charge >= 0.3 is 0 Å². The van der Waals surface area contributed by atoms with Crippen LogP contribution < -0.4 is 0 Å². The van der Waals surface area contributed by atoms with Gasteiger partial charge in [0.05, 0.1) is 18.8 Å². The Balaban J connectivity index is 2.20. The van der Waals surface area contributed by atoms with Crippen molar-refractivity contribution in [3.05, 3.63) is 0 Å². The molecule has 4 nitrogen and oxygen atoms in total. The van der Waals surface area contributed by atoms with Crippen molar-refractivity contribution in [2.24, 2.45) is 0 Å². The van der Waals surface area contributed by atoms with E-state index in [0.29, 0.717) is 12.5 Å². The molecule has 0 amide bonds. The molecule has 1 aliphatic rings. The van der Waals surface area contributed by atoms with Crippen LogP contribution in [0.25, 0.3) is 0 Å². The molecule has 0 aromatic heterocycles. The minimum absolute atomic E-state index is 0.329. The standard InChI is InChI=1S/C11H21N3O/c1-13(2)9-11-10-14(7-8-15-11)6-4-3-5-12/h11H,3-4,6-10H2,1-2H3. The number of ether oxygens (including phenoxy) is 1. The zero-order chi connectivity index (χ0) is 11.1. The van der Waals surface area contributed by atoms with Gasteiger partial charge in [-0.15, -0.1) is 0 Å². The van der Waals surface area contributed by atoms with Crippen LogP contribution >= 0.6 is 0 Å². The first-order chi connectivity index (χ1) is 7.22. The number of hydrogen-bond acceptors (Lipinski definition) is 4. The molecule has 1 saturated heterocycles. The molecular weight excluding hydrogens is 190 g/mol. The second-order valence-corrected chi connectivity index (χ2v) is 4.32. The molecule has 0 radical (unpaired) electrons. The predicted octanol–water partition coefficient (Wildman–Crippen LogP) is 0.553. The van der Waals surface area contributed by atoms with Crippen molar-refractivity contribution in [1.82, 2.24) is 9.80 Å². The van der Waals surface area contributed by atoms with Crippen molar-refractivity contribution in [1.29, 1.82) is 5.26 Å². The lowest BCUT2D eigenvalue weighted by molar-refractivity contribution is -0.0380. The fourth-order valence-electron chi connectivity index (χ4n) is 1.88. The third kappa shape index (κ3) is 5.12. The Hall–Kier alpha value is -0.630. The van der Waals surface area contributed by atoms with E-state index in [4.69, 9.17) is 10.00 Å². The van der Waals surface area contributed by atoms with E-state index in [1.54, 1.807) is 0 Å². The third-order valence-corrected chi connectivity index (χ3v) is 2.55. The molecule has 1 atom stereocenters. The van der Waals surface area contributed by atoms with E-state index in [1.165, 1.54) is 0 Å². The van der Waals surface area contributed by atoms with E-state index in [1.807, 2.05) is 0 Å². The van der Waals surface area contributed by atoms with Crippen LogP contribution in [0, 0.1) is 11.3 Å². The van der Waals surface area contributed by atoms with Crippen LogP contribution in [0.2, 0.25) is 0 Å². The molecule has 86 valence electrons. The van der Waals surface area contributed by atoms with Gasteiger partial charge in [0.25, 0.3) is 0 Å². The van der Waals surface area contributed by atoms with Gasteiger partial charge in [-0.05, 0) is 27.1 Å². The third-order valence-electron chi connectivity index (χ3n) is 2.55. The quantitative estimate of drug-likeness (QED) is 0.623. The summed E-state index contributed by atoms with van der Waals surface area (Å²) in [5, 5.41) is 8.47. The first kappa shape index (κ1) is 12.4. The van der Waals surface area contributed by atoms with Crippen molar-refractivity contribution in [2.45, 2.75) is 18.9 Å². The lowest BCUT2D eigenvalue weighted by atomic mass is 10.2. The van der Waals surface area contributed by atoms with Gasteiger partial charge in [-0.25, -0.2) is 0 Å². The molecule has 0 aromatic carbocycles. The second kappa shape index (κ2) is 6.78. The van der Waals surface area contributed by atoms with Crippen molar-refractivity contribution in [3.8, 4) is 6.07 Å². The summed E-state index contributed by atoms with van der Waals surface area (Å²) in [7, 11) is 4.13. The summed E-state index contributed by atoms with van der Waals surface area (Å²) in [6.07, 6.45) is 1.97. The van der Waals surface area contributed by atoms with E-state index in [2.05, 4.69) is 30.0 Å². The molecule has 0 saturated carbocycles. The van der Waals surface area contributed by atoms with E-state index >= 15 is 0 Å². The first-order valence-corrected chi connectivity index (χ1v) is 5.58. The number of nitriles is 1. The highest BCUT2D eigenvalue weighted by Crippen LogP contribution is 2.07. The minimum Gasteiger partial charge on any atom is -0.374 e. The highest BCUT2D eigenvalue weighted by atomic mass is 16.5. The zero-order valence-corrected chi connectivity index (χ0v) is 9.78. The topological polar surface area (TPSA) is 39.5 Å². The number of likely N-dealkylation sites (N-methyl/N-ethyl adjacent to an activating group) is 1. The van der Waals surface area contributed by atoms with E-state index < -0.39 is 0 Å². The first-order valence-electron chi connectivity index (χ1n) is 5.58. The normalized spacial score (nSPS) is 22.9. The smallest absolute Gasteiger partial charge is 0.0829 e. The van der Waals surface area contributed by atoms with Gasteiger partial charge in [0.1, 0.15) is 0 Å². The molecule has 0 aliphatic carbocycles. The summed E-state index contributed by atoms with van der Waals surface area (Å²) in [5.41, 5.74) is 0. The average Bonchev–Trinajstić information content (AvgIpc) is 2.18. The highest BCUT2D eigenvalue weighted by molar-refractivity contribution is 4.75. The Morgan fingerprint density at radius 2 is 2.33 bits per heavy atom. The maximum Gasteiger partial charge on any atom is 0.0829 e. The summed E-state index contributed by atoms with van der Waals surface area (Å²) < 4.78 is 5.68. The van der Waals surface area contributed by atoms with Crippen molar-refractivity contribution in [2.75, 3.05) is 46.9 Å². The van der Waals surface area contributed by atoms with E-state index in [9.17, 15) is 0 Å². The van der Waals surface area contributed by atoms with Gasteiger partial charge in [0, 0.05) is 26.1 Å². The number of morpholine rings is 1. The fraction of sp³-hybridized carbons (Fsp3) is 0.909. The number of rotatable bonds is 5. The molecule has 0 N–H and O–H groups in total. The molecule has 0 bridgehead atoms. The number of unbranched alkanes of at least 4 members (excludes halogenated alkanes) is 1. The summed E-state index contributed by atoms with van der Waals surface area (Å²) >= 11 is 0. The van der Waals surface area contributed by atoms with Crippen molar-refractivity contribution in [3.63, 3.8) is 0 Å². The maximum absolute atomic E-state index is 8.47. The lowest BCUT2D eigenvalue weighted by Crippen LogP contribution is -2.46. The van der Waals surface area contributed by atoms with Gasteiger partial charge in [0.15, 0.2) is 0 Å². The molecule has 1 fully saturated rings. The summed E-state index contributed by atoms with van der Waals surface area (Å²) in [5.74, 6) is 0. The minimum atomic E-state index is 0.329. The second-order valence-electron chi connectivity index (χ2n) is 4.32. The Bertz CT molecular complexity index is 212. The molecule has 1 heterocycles. The van der Waals surface area contributed by atoms with Crippen LogP contribution in [0.4, 0.5) is 0 Å².